The molecule has 220 valence electrons. The molecule has 1 aromatic carbocycles. The Labute approximate surface area is 241 Å². The van der Waals surface area contributed by atoms with Crippen molar-refractivity contribution >= 4 is 41.7 Å². The summed E-state index contributed by atoms with van der Waals surface area (Å²) >= 11 is 1.31. The molecule has 4 rings (SSSR count). The fourth-order valence-corrected chi connectivity index (χ4v) is 6.49. The number of rotatable bonds is 2. The van der Waals surface area contributed by atoms with Crippen molar-refractivity contribution < 1.29 is 32.8 Å². The second kappa shape index (κ2) is 10.3. The topological polar surface area (TPSA) is 86.7 Å². The molecule has 1 saturated heterocycles. The van der Waals surface area contributed by atoms with Crippen molar-refractivity contribution in [1.82, 2.24) is 4.90 Å². The van der Waals surface area contributed by atoms with Gasteiger partial charge in [-0.2, -0.15) is 4.90 Å². The van der Waals surface area contributed by atoms with Crippen molar-refractivity contribution in [2.75, 3.05) is 5.75 Å². The van der Waals surface area contributed by atoms with Gasteiger partial charge in [-0.15, -0.1) is 0 Å². The Balaban J connectivity index is 1.78. The number of imide groups is 1. The molecule has 2 amide bonds. The molecule has 11 heteroatoms. The number of hydrogen-bond donors (Lipinski definition) is 0. The average Bonchev–Trinajstić information content (AvgIpc) is 3.29. The van der Waals surface area contributed by atoms with Crippen LogP contribution >= 0.6 is 11.8 Å². The second-order valence-electron chi connectivity index (χ2n) is 13.9. The van der Waals surface area contributed by atoms with Crippen LogP contribution in [0.3, 0.4) is 0 Å². The fraction of sp³-hybridized carbons (Fsp3) is 0.690. The summed E-state index contributed by atoms with van der Waals surface area (Å²) in [7, 11) is -0.739. The van der Waals surface area contributed by atoms with Crippen LogP contribution in [0.4, 0.5) is 14.0 Å². The SMILES string of the molecule is CC(C)(C)OC(=O)N(C(=O)OC(C)(C)C)C1=NC2(c3cc(F)cc(B4OC(C)(C)C(C)(C)O4)c3)CCCC2CS1. The Morgan fingerprint density at radius 2 is 1.55 bits per heavy atom. The number of hydrogen-bond acceptors (Lipinski definition) is 8. The van der Waals surface area contributed by atoms with Gasteiger partial charge in [0.1, 0.15) is 17.0 Å². The number of amidine groups is 1. The smallest absolute Gasteiger partial charge is 0.443 e. The minimum Gasteiger partial charge on any atom is -0.443 e. The van der Waals surface area contributed by atoms with Crippen LogP contribution in [0.1, 0.15) is 94.1 Å². The van der Waals surface area contributed by atoms with E-state index in [0.717, 1.165) is 17.7 Å². The number of aliphatic imine (C=N–C) groups is 1. The molecule has 2 unspecified atom stereocenters. The summed E-state index contributed by atoms with van der Waals surface area (Å²) in [5, 5.41) is 0.183. The Bertz CT molecular complexity index is 1160. The van der Waals surface area contributed by atoms with E-state index in [1.54, 1.807) is 41.5 Å². The molecule has 2 atom stereocenters. The van der Waals surface area contributed by atoms with E-state index in [-0.39, 0.29) is 11.1 Å². The van der Waals surface area contributed by atoms with Crippen molar-refractivity contribution in [2.24, 2.45) is 10.9 Å². The fourth-order valence-electron chi connectivity index (χ4n) is 5.19. The van der Waals surface area contributed by atoms with Crippen LogP contribution in [-0.2, 0) is 24.3 Å². The van der Waals surface area contributed by atoms with Crippen LogP contribution in [0.15, 0.2) is 23.2 Å². The highest BCUT2D eigenvalue weighted by atomic mass is 32.2. The van der Waals surface area contributed by atoms with E-state index in [4.69, 9.17) is 23.8 Å². The molecule has 0 radical (unpaired) electrons. The van der Waals surface area contributed by atoms with Gasteiger partial charge >= 0.3 is 19.3 Å². The van der Waals surface area contributed by atoms with Crippen LogP contribution in [0.2, 0.25) is 0 Å². The highest BCUT2D eigenvalue weighted by Crippen LogP contribution is 2.51. The molecule has 1 saturated carbocycles. The van der Waals surface area contributed by atoms with Gasteiger partial charge in [0.15, 0.2) is 5.17 Å². The summed E-state index contributed by atoms with van der Waals surface area (Å²) in [5.41, 5.74) is -2.43. The van der Waals surface area contributed by atoms with E-state index in [9.17, 15) is 9.59 Å². The molecule has 1 aromatic rings. The molecule has 1 aliphatic carbocycles. The van der Waals surface area contributed by atoms with E-state index in [1.807, 2.05) is 33.8 Å². The van der Waals surface area contributed by atoms with Gasteiger partial charge in [-0.05, 0) is 111 Å². The lowest BCUT2D eigenvalue weighted by Crippen LogP contribution is -2.49. The second-order valence-corrected chi connectivity index (χ2v) is 14.9. The van der Waals surface area contributed by atoms with Gasteiger partial charge in [0, 0.05) is 5.75 Å². The zero-order valence-corrected chi connectivity index (χ0v) is 26.2. The molecule has 3 aliphatic rings. The average molecular weight is 577 g/mol. The number of carbonyl (C=O) groups is 2. The third-order valence-electron chi connectivity index (χ3n) is 7.78. The molecule has 2 fully saturated rings. The van der Waals surface area contributed by atoms with Gasteiger partial charge in [0.25, 0.3) is 0 Å². The highest BCUT2D eigenvalue weighted by molar-refractivity contribution is 8.13. The van der Waals surface area contributed by atoms with Crippen molar-refractivity contribution in [3.63, 3.8) is 0 Å². The summed E-state index contributed by atoms with van der Waals surface area (Å²) in [4.78, 5) is 32.6. The van der Waals surface area contributed by atoms with E-state index in [2.05, 4.69) is 0 Å². The Morgan fingerprint density at radius 3 is 2.08 bits per heavy atom. The zero-order valence-electron chi connectivity index (χ0n) is 25.3. The normalized spacial score (nSPS) is 25.7. The van der Waals surface area contributed by atoms with E-state index >= 15 is 4.39 Å². The molecule has 2 aliphatic heterocycles. The number of ether oxygens (including phenoxy) is 2. The van der Waals surface area contributed by atoms with Gasteiger partial charge in [-0.1, -0.05) is 24.2 Å². The number of benzene rings is 1. The van der Waals surface area contributed by atoms with Crippen molar-refractivity contribution in [3.05, 3.63) is 29.6 Å². The Kier molecular flexibility index (Phi) is 7.95. The van der Waals surface area contributed by atoms with E-state index in [0.29, 0.717) is 23.2 Å². The zero-order chi connectivity index (χ0) is 29.9. The van der Waals surface area contributed by atoms with E-state index in [1.165, 1.54) is 23.9 Å². The summed E-state index contributed by atoms with van der Waals surface area (Å²) in [6.45, 7) is 18.2. The minimum absolute atomic E-state index is 0.0910. The van der Waals surface area contributed by atoms with Crippen LogP contribution in [0.25, 0.3) is 0 Å². The van der Waals surface area contributed by atoms with Crippen LogP contribution < -0.4 is 5.46 Å². The predicted octanol–water partition coefficient (Wildman–Crippen LogP) is 6.40. The number of halogens is 1. The van der Waals surface area contributed by atoms with Crippen LogP contribution in [0.5, 0.6) is 0 Å². The molecule has 2 heterocycles. The largest absolute Gasteiger partial charge is 0.494 e. The maximum absolute atomic E-state index is 15.2. The number of nitrogens with zero attached hydrogens (tertiary/aromatic N) is 2. The first-order valence-electron chi connectivity index (χ1n) is 13.9. The first-order chi connectivity index (χ1) is 18.2. The molecule has 0 spiro atoms. The summed E-state index contributed by atoms with van der Waals surface area (Å²) in [6.07, 6.45) is 0.687. The predicted molar refractivity (Wildman–Crippen MR) is 155 cm³/mol. The third-order valence-corrected chi connectivity index (χ3v) is 8.88. The molecular weight excluding hydrogens is 534 g/mol. The number of fused-ring (bicyclic) bond motifs is 1. The molecule has 0 bridgehead atoms. The Hall–Kier alpha value is -2.11. The number of carbonyl (C=O) groups excluding carboxylic acids is 2. The molecule has 8 nitrogen and oxygen atoms in total. The first-order valence-corrected chi connectivity index (χ1v) is 14.9. The maximum atomic E-state index is 15.2. The lowest BCUT2D eigenvalue weighted by atomic mass is 9.74. The molecular formula is C29H42BFN2O6S. The summed E-state index contributed by atoms with van der Waals surface area (Å²) in [6, 6.07) is 4.82. The quantitative estimate of drug-likeness (QED) is 0.377. The van der Waals surface area contributed by atoms with Gasteiger partial charge in [-0.25, -0.2) is 19.0 Å². The minimum atomic E-state index is -0.864. The Morgan fingerprint density at radius 1 is 1.00 bits per heavy atom. The maximum Gasteiger partial charge on any atom is 0.494 e. The summed E-state index contributed by atoms with van der Waals surface area (Å²) < 4.78 is 38.8. The number of thioether (sulfide) groups is 1. The lowest BCUT2D eigenvalue weighted by Gasteiger charge is -2.39. The standard InChI is InChI=1S/C29H42BFN2O6S/c1-25(2,3)36-23(34)33(24(35)37-26(4,5)6)22-32-29(13-11-12-18(29)17-40-22)19-14-20(16-21(31)15-19)30-38-27(7,8)28(9,10)39-30/h14-16,18H,11-13,17H2,1-10H3. The van der Waals surface area contributed by atoms with Gasteiger partial charge < -0.3 is 18.8 Å². The van der Waals surface area contributed by atoms with E-state index < -0.39 is 53.1 Å². The summed E-state index contributed by atoms with van der Waals surface area (Å²) in [5.74, 6) is 0.269. The first kappa shape index (κ1) is 30.8. The molecule has 0 aromatic heterocycles. The molecule has 0 N–H and O–H groups in total. The van der Waals surface area contributed by atoms with Gasteiger partial charge in [-0.3, -0.25) is 0 Å². The van der Waals surface area contributed by atoms with Gasteiger partial charge in [0.05, 0.1) is 16.7 Å². The van der Waals surface area contributed by atoms with Gasteiger partial charge in [0.2, 0.25) is 0 Å². The lowest BCUT2D eigenvalue weighted by molar-refractivity contribution is 0.00578. The van der Waals surface area contributed by atoms with Crippen molar-refractivity contribution in [1.29, 1.82) is 0 Å². The number of amides is 2. The molecule has 40 heavy (non-hydrogen) atoms. The highest BCUT2D eigenvalue weighted by Gasteiger charge is 2.53. The third kappa shape index (κ3) is 6.21. The van der Waals surface area contributed by atoms with Crippen molar-refractivity contribution in [2.45, 2.75) is 116 Å². The van der Waals surface area contributed by atoms with Crippen molar-refractivity contribution in [3.8, 4) is 0 Å². The van der Waals surface area contributed by atoms with Crippen LogP contribution in [0, 0.1) is 11.7 Å². The van der Waals surface area contributed by atoms with Crippen LogP contribution in [-0.4, -0.2) is 57.5 Å². The monoisotopic (exact) mass is 576 g/mol.